The fourth-order valence-electron chi connectivity index (χ4n) is 2.70. The summed E-state index contributed by atoms with van der Waals surface area (Å²) in [4.78, 5) is 24.2. The van der Waals surface area contributed by atoms with Crippen LogP contribution >= 0.6 is 0 Å². The molecule has 1 amide bonds. The molecule has 24 heavy (non-hydrogen) atoms. The molecule has 0 spiro atoms. The van der Waals surface area contributed by atoms with Crippen LogP contribution in [0.15, 0.2) is 30.7 Å². The summed E-state index contributed by atoms with van der Waals surface area (Å²) in [7, 11) is 1.79. The van der Waals surface area contributed by atoms with Crippen molar-refractivity contribution in [2.24, 2.45) is 0 Å². The van der Waals surface area contributed by atoms with Crippen molar-refractivity contribution >= 4 is 17.4 Å². The topological polar surface area (TPSA) is 92.4 Å². The van der Waals surface area contributed by atoms with Crippen LogP contribution in [0.4, 0.5) is 5.82 Å². The number of likely N-dealkylation sites (N-methyl/N-ethyl adjacent to an activating group) is 1. The fourth-order valence-corrected chi connectivity index (χ4v) is 2.70. The number of nitrogens with zero attached hydrogens (tertiary/aromatic N) is 8. The molecule has 122 valence electrons. The first kappa shape index (κ1) is 14.5. The van der Waals surface area contributed by atoms with Gasteiger partial charge in [0.15, 0.2) is 11.5 Å². The van der Waals surface area contributed by atoms with Crippen LogP contribution in [0.2, 0.25) is 0 Å². The first-order valence-electron chi connectivity index (χ1n) is 7.60. The summed E-state index contributed by atoms with van der Waals surface area (Å²) in [6.45, 7) is 3.31. The fraction of sp³-hybridized carbons (Fsp3) is 0.333. The van der Waals surface area contributed by atoms with E-state index in [2.05, 4.69) is 30.2 Å². The van der Waals surface area contributed by atoms with Crippen molar-refractivity contribution in [3.05, 3.63) is 42.2 Å². The van der Waals surface area contributed by atoms with Crippen molar-refractivity contribution in [1.82, 2.24) is 34.7 Å². The van der Waals surface area contributed by atoms with E-state index in [1.165, 1.54) is 12.4 Å². The van der Waals surface area contributed by atoms with Crippen molar-refractivity contribution in [1.29, 1.82) is 0 Å². The summed E-state index contributed by atoms with van der Waals surface area (Å²) < 4.78 is 1.72. The van der Waals surface area contributed by atoms with Gasteiger partial charge >= 0.3 is 0 Å². The molecule has 4 heterocycles. The van der Waals surface area contributed by atoms with Gasteiger partial charge in [0.25, 0.3) is 5.91 Å². The molecule has 0 unspecified atom stereocenters. The van der Waals surface area contributed by atoms with E-state index in [0.29, 0.717) is 5.69 Å². The second-order valence-electron chi connectivity index (χ2n) is 5.77. The van der Waals surface area contributed by atoms with Gasteiger partial charge < -0.3 is 9.80 Å². The van der Waals surface area contributed by atoms with Crippen LogP contribution in [0.25, 0.3) is 5.65 Å². The van der Waals surface area contributed by atoms with Gasteiger partial charge in [-0.1, -0.05) is 0 Å². The molecule has 9 nitrogen and oxygen atoms in total. The second kappa shape index (κ2) is 5.52. The summed E-state index contributed by atoms with van der Waals surface area (Å²) in [5.74, 6) is 1.48. The quantitative estimate of drug-likeness (QED) is 0.678. The zero-order valence-electron chi connectivity index (χ0n) is 13.4. The zero-order valence-corrected chi connectivity index (χ0v) is 13.4. The highest BCUT2D eigenvalue weighted by atomic mass is 16.2. The van der Waals surface area contributed by atoms with E-state index in [9.17, 15) is 4.79 Å². The summed E-state index contributed by atoms with van der Waals surface area (Å²) >= 11 is 0. The molecule has 0 radical (unpaired) electrons. The number of amides is 1. The lowest BCUT2D eigenvalue weighted by Crippen LogP contribution is -2.60. The molecule has 4 rings (SSSR count). The van der Waals surface area contributed by atoms with Gasteiger partial charge in [0.1, 0.15) is 11.5 Å². The van der Waals surface area contributed by atoms with Gasteiger partial charge in [-0.3, -0.25) is 9.78 Å². The average Bonchev–Trinajstić information content (AvgIpc) is 2.94. The molecule has 0 atom stereocenters. The molecule has 3 aromatic heterocycles. The van der Waals surface area contributed by atoms with Crippen LogP contribution in [-0.4, -0.2) is 66.8 Å². The minimum Gasteiger partial charge on any atom is -0.351 e. The second-order valence-corrected chi connectivity index (χ2v) is 5.77. The number of hydrogen-bond acceptors (Lipinski definition) is 7. The number of carbonyl (C=O) groups is 1. The summed E-state index contributed by atoms with van der Waals surface area (Å²) in [6.07, 6.45) is 4.56. The lowest BCUT2D eigenvalue weighted by Gasteiger charge is -2.44. The highest BCUT2D eigenvalue weighted by Gasteiger charge is 2.34. The molecule has 0 N–H and O–H groups in total. The van der Waals surface area contributed by atoms with Crippen molar-refractivity contribution in [2.75, 3.05) is 25.0 Å². The third kappa shape index (κ3) is 2.34. The van der Waals surface area contributed by atoms with Crippen molar-refractivity contribution in [2.45, 2.75) is 13.0 Å². The highest BCUT2D eigenvalue weighted by molar-refractivity contribution is 5.92. The van der Waals surface area contributed by atoms with Crippen molar-refractivity contribution in [3.63, 3.8) is 0 Å². The Balaban J connectivity index is 1.45. The maximum Gasteiger partial charge on any atom is 0.274 e. The summed E-state index contributed by atoms with van der Waals surface area (Å²) in [5, 5.41) is 12.6. The number of carbonyl (C=O) groups excluding carboxylic acids is 1. The highest BCUT2D eigenvalue weighted by Crippen LogP contribution is 2.22. The van der Waals surface area contributed by atoms with Crippen LogP contribution in [-0.2, 0) is 0 Å². The Morgan fingerprint density at radius 3 is 2.83 bits per heavy atom. The molecule has 1 aliphatic rings. The number of anilines is 1. The Labute approximate surface area is 138 Å². The number of rotatable bonds is 3. The van der Waals surface area contributed by atoms with Crippen LogP contribution in [0.3, 0.4) is 0 Å². The van der Waals surface area contributed by atoms with Crippen LogP contribution in [0.1, 0.15) is 16.3 Å². The third-order valence-electron chi connectivity index (χ3n) is 4.24. The normalized spacial score (nSPS) is 14.7. The Bertz CT molecular complexity index is 887. The first-order chi connectivity index (χ1) is 11.6. The molecule has 0 saturated carbocycles. The largest absolute Gasteiger partial charge is 0.351 e. The molecule has 0 aromatic carbocycles. The lowest BCUT2D eigenvalue weighted by atomic mass is 10.1. The molecule has 1 aliphatic heterocycles. The van der Waals surface area contributed by atoms with E-state index in [-0.39, 0.29) is 11.9 Å². The Morgan fingerprint density at radius 1 is 1.25 bits per heavy atom. The Hall–Kier alpha value is -3.10. The summed E-state index contributed by atoms with van der Waals surface area (Å²) in [5.41, 5.74) is 1.08. The van der Waals surface area contributed by atoms with Crippen LogP contribution < -0.4 is 4.90 Å². The molecular formula is C15H16N8O. The molecule has 9 heteroatoms. The smallest absolute Gasteiger partial charge is 0.274 e. The van der Waals surface area contributed by atoms with E-state index >= 15 is 0 Å². The lowest BCUT2D eigenvalue weighted by molar-refractivity contribution is 0.0698. The monoisotopic (exact) mass is 324 g/mol. The van der Waals surface area contributed by atoms with E-state index in [4.69, 9.17) is 0 Å². The van der Waals surface area contributed by atoms with Gasteiger partial charge in [0, 0.05) is 32.5 Å². The van der Waals surface area contributed by atoms with Crippen LogP contribution in [0, 0.1) is 6.92 Å². The Kier molecular flexibility index (Phi) is 3.33. The van der Waals surface area contributed by atoms with Gasteiger partial charge in [-0.2, -0.15) is 4.52 Å². The molecule has 0 bridgehead atoms. The molecular weight excluding hydrogens is 308 g/mol. The number of aryl methyl sites for hydroxylation is 1. The van der Waals surface area contributed by atoms with E-state index in [0.717, 1.165) is 30.4 Å². The number of aromatic nitrogens is 6. The van der Waals surface area contributed by atoms with E-state index in [1.807, 2.05) is 19.1 Å². The number of hydrogen-bond donors (Lipinski definition) is 0. The van der Waals surface area contributed by atoms with Gasteiger partial charge in [0.2, 0.25) is 0 Å². The molecule has 1 saturated heterocycles. The standard InChI is InChI=1S/C15H16N8O/c1-10-18-19-13-3-4-14(20-23(10)13)22-8-11(9-22)21(2)15(24)12-7-16-5-6-17-12/h3-7,11H,8-9H2,1-2H3. The van der Waals surface area contributed by atoms with Crippen molar-refractivity contribution in [3.8, 4) is 0 Å². The minimum absolute atomic E-state index is 0.120. The maximum atomic E-state index is 12.4. The van der Waals surface area contributed by atoms with E-state index < -0.39 is 0 Å². The SMILES string of the molecule is Cc1nnc2ccc(N3CC(N(C)C(=O)c4cnccn4)C3)nn12. The van der Waals surface area contributed by atoms with Crippen LogP contribution in [0.5, 0.6) is 0 Å². The van der Waals surface area contributed by atoms with Gasteiger partial charge in [-0.05, 0) is 19.1 Å². The maximum absolute atomic E-state index is 12.4. The van der Waals surface area contributed by atoms with Gasteiger partial charge in [0.05, 0.1) is 12.2 Å². The average molecular weight is 324 g/mol. The van der Waals surface area contributed by atoms with Crippen molar-refractivity contribution < 1.29 is 4.79 Å². The van der Waals surface area contributed by atoms with Gasteiger partial charge in [-0.15, -0.1) is 15.3 Å². The zero-order chi connectivity index (χ0) is 16.7. The van der Waals surface area contributed by atoms with Gasteiger partial charge in [-0.25, -0.2) is 4.98 Å². The first-order valence-corrected chi connectivity index (χ1v) is 7.60. The predicted octanol–water partition coefficient (Wildman–Crippen LogP) is 0.184. The van der Waals surface area contributed by atoms with E-state index in [1.54, 1.807) is 22.7 Å². The molecule has 0 aliphatic carbocycles. The third-order valence-corrected chi connectivity index (χ3v) is 4.24. The molecule has 1 fully saturated rings. The predicted molar refractivity (Wildman–Crippen MR) is 85.6 cm³/mol. The molecule has 3 aromatic rings. The Morgan fingerprint density at radius 2 is 2.08 bits per heavy atom. The minimum atomic E-state index is -0.120. The summed E-state index contributed by atoms with van der Waals surface area (Å²) in [6, 6.07) is 3.94. The number of fused-ring (bicyclic) bond motifs is 1.